The highest BCUT2D eigenvalue weighted by molar-refractivity contribution is 5.94. The van der Waals surface area contributed by atoms with Crippen LogP contribution < -0.4 is 10.6 Å². The molecule has 0 bridgehead atoms. The second-order valence-electron chi connectivity index (χ2n) is 10.4. The van der Waals surface area contributed by atoms with Crippen molar-refractivity contribution < 1.29 is 18.7 Å². The third-order valence-electron chi connectivity index (χ3n) is 6.88. The molecule has 0 spiro atoms. The van der Waals surface area contributed by atoms with E-state index in [1.54, 1.807) is 36.5 Å². The lowest BCUT2D eigenvalue weighted by atomic mass is 9.92. The topological polar surface area (TPSA) is 114 Å². The number of hydrogen-bond acceptors (Lipinski definition) is 7. The van der Waals surface area contributed by atoms with Crippen LogP contribution in [0.25, 0.3) is 22.6 Å². The predicted molar refractivity (Wildman–Crippen MR) is 156 cm³/mol. The van der Waals surface area contributed by atoms with Gasteiger partial charge in [-0.3, -0.25) is 4.79 Å². The number of nitrogens with zero attached hydrogens (tertiary/aromatic N) is 3. The summed E-state index contributed by atoms with van der Waals surface area (Å²) in [6, 6.07) is 26.6. The molecule has 212 valence electrons. The van der Waals surface area contributed by atoms with Crippen LogP contribution in [0.2, 0.25) is 0 Å². The molecule has 3 aromatic carbocycles. The maximum Gasteiger partial charge on any atom is 0.251 e. The Hall–Kier alpha value is -4.93. The number of anilines is 2. The van der Waals surface area contributed by atoms with Crippen molar-refractivity contribution in [2.75, 3.05) is 25.1 Å². The van der Waals surface area contributed by atoms with Crippen LogP contribution in [-0.2, 0) is 9.47 Å². The molecule has 3 heterocycles. The first-order valence-corrected chi connectivity index (χ1v) is 13.5. The average molecular weight is 565 g/mol. The summed E-state index contributed by atoms with van der Waals surface area (Å²) < 4.78 is 26.0. The molecule has 0 aliphatic carbocycles. The fourth-order valence-corrected chi connectivity index (χ4v) is 4.60. The van der Waals surface area contributed by atoms with Gasteiger partial charge < -0.3 is 25.1 Å². The van der Waals surface area contributed by atoms with E-state index in [0.29, 0.717) is 59.7 Å². The van der Waals surface area contributed by atoms with Gasteiger partial charge in [-0.1, -0.05) is 43.3 Å². The van der Waals surface area contributed by atoms with Crippen molar-refractivity contribution in [3.8, 4) is 22.6 Å². The zero-order chi connectivity index (χ0) is 28.9. The Morgan fingerprint density at radius 3 is 2.36 bits per heavy atom. The van der Waals surface area contributed by atoms with Gasteiger partial charge in [0.25, 0.3) is 5.91 Å². The molecule has 1 aliphatic rings. The summed E-state index contributed by atoms with van der Waals surface area (Å²) in [7, 11) is 0. The van der Waals surface area contributed by atoms with Crippen molar-refractivity contribution in [1.82, 2.24) is 25.3 Å². The molecule has 6 rings (SSSR count). The van der Waals surface area contributed by atoms with Crippen molar-refractivity contribution in [3.63, 3.8) is 0 Å². The lowest BCUT2D eigenvalue weighted by Crippen LogP contribution is -2.45. The number of halogens is 1. The lowest BCUT2D eigenvalue weighted by molar-refractivity contribution is -0.231. The van der Waals surface area contributed by atoms with Crippen LogP contribution in [0.5, 0.6) is 0 Å². The van der Waals surface area contributed by atoms with E-state index < -0.39 is 11.7 Å². The third-order valence-corrected chi connectivity index (χ3v) is 6.88. The minimum absolute atomic E-state index is 0.149. The summed E-state index contributed by atoms with van der Waals surface area (Å²) in [6.45, 7) is 3.06. The van der Waals surface area contributed by atoms with E-state index in [1.807, 2.05) is 55.5 Å². The third kappa shape index (κ3) is 6.19. The first-order valence-electron chi connectivity index (χ1n) is 13.5. The quantitative estimate of drug-likeness (QED) is 0.215. The van der Waals surface area contributed by atoms with Gasteiger partial charge >= 0.3 is 0 Å². The maximum atomic E-state index is 13.7. The van der Waals surface area contributed by atoms with E-state index in [-0.39, 0.29) is 11.7 Å². The van der Waals surface area contributed by atoms with Crippen LogP contribution in [0, 0.1) is 11.2 Å². The Morgan fingerprint density at radius 1 is 0.952 bits per heavy atom. The number of para-hydroxylation sites is 1. The summed E-state index contributed by atoms with van der Waals surface area (Å²) in [5, 5.41) is 6.18. The van der Waals surface area contributed by atoms with Crippen molar-refractivity contribution in [1.29, 1.82) is 0 Å². The number of aromatic nitrogens is 4. The summed E-state index contributed by atoms with van der Waals surface area (Å²) in [4.78, 5) is 29.7. The standard InChI is InChI=1S/C32H29FN6O3/c1-32(18-35-29(40)22-8-4-2-5-9-22)19-41-30(42-20-32)28-38-26(21-12-14-23(33)15-13-21)27(39-28)25-16-17-34-31(37-25)36-24-10-6-3-7-11-24/h2-17,30H,18-20H2,1H3,(H,35,40)(H,38,39)(H,34,36,37). The molecular formula is C32H29FN6O3. The molecule has 1 amide bonds. The molecule has 0 radical (unpaired) electrons. The van der Waals surface area contributed by atoms with E-state index in [0.717, 1.165) is 5.69 Å². The molecule has 0 saturated carbocycles. The maximum absolute atomic E-state index is 13.7. The molecule has 0 atom stereocenters. The number of ether oxygens (including phenoxy) is 2. The van der Waals surface area contributed by atoms with Gasteiger partial charge in [0.1, 0.15) is 5.82 Å². The van der Waals surface area contributed by atoms with Gasteiger partial charge in [0, 0.05) is 35.0 Å². The number of hydrogen-bond donors (Lipinski definition) is 3. The van der Waals surface area contributed by atoms with Gasteiger partial charge in [-0.25, -0.2) is 19.3 Å². The van der Waals surface area contributed by atoms with Crippen LogP contribution in [0.4, 0.5) is 16.0 Å². The molecule has 5 aromatic rings. The summed E-state index contributed by atoms with van der Waals surface area (Å²) in [5.41, 5.74) is 3.50. The monoisotopic (exact) mass is 564 g/mol. The summed E-state index contributed by atoms with van der Waals surface area (Å²) >= 11 is 0. The number of rotatable bonds is 8. The molecule has 2 aromatic heterocycles. The average Bonchev–Trinajstić information content (AvgIpc) is 3.47. The molecule has 1 saturated heterocycles. The molecule has 9 nitrogen and oxygen atoms in total. The Morgan fingerprint density at radius 2 is 1.64 bits per heavy atom. The van der Waals surface area contributed by atoms with Crippen molar-refractivity contribution in [2.24, 2.45) is 5.41 Å². The van der Waals surface area contributed by atoms with Crippen LogP contribution in [0.15, 0.2) is 97.2 Å². The second kappa shape index (κ2) is 11.9. The summed E-state index contributed by atoms with van der Waals surface area (Å²) in [5.74, 6) is 0.379. The van der Waals surface area contributed by atoms with Gasteiger partial charge in [-0.15, -0.1) is 0 Å². The zero-order valence-electron chi connectivity index (χ0n) is 22.9. The number of amides is 1. The summed E-state index contributed by atoms with van der Waals surface area (Å²) in [6.07, 6.45) is 0.894. The molecule has 3 N–H and O–H groups in total. The normalized spacial score (nSPS) is 18.4. The molecule has 1 aliphatic heterocycles. The van der Waals surface area contributed by atoms with Crippen LogP contribution in [-0.4, -0.2) is 45.6 Å². The number of imidazole rings is 1. The molecule has 1 fully saturated rings. The highest BCUT2D eigenvalue weighted by atomic mass is 19.1. The SMILES string of the molecule is CC1(CNC(=O)c2ccccc2)COC(c2nc(-c3ccc(F)cc3)c(-c3ccnc(Nc4ccccc4)n3)[nH]2)OC1. The van der Waals surface area contributed by atoms with Crippen molar-refractivity contribution in [3.05, 3.63) is 114 Å². The Kier molecular flexibility index (Phi) is 7.72. The number of nitrogens with one attached hydrogen (secondary N) is 3. The lowest BCUT2D eigenvalue weighted by Gasteiger charge is -2.36. The minimum Gasteiger partial charge on any atom is -0.351 e. The van der Waals surface area contributed by atoms with E-state index >= 15 is 0 Å². The van der Waals surface area contributed by atoms with Crippen LogP contribution in [0.1, 0.15) is 29.4 Å². The largest absolute Gasteiger partial charge is 0.351 e. The Balaban J connectivity index is 1.22. The first-order chi connectivity index (χ1) is 20.5. The van der Waals surface area contributed by atoms with Crippen LogP contribution in [0.3, 0.4) is 0 Å². The molecule has 10 heteroatoms. The number of carbonyl (C=O) groups excluding carboxylic acids is 1. The van der Waals surface area contributed by atoms with Crippen molar-refractivity contribution in [2.45, 2.75) is 13.2 Å². The smallest absolute Gasteiger partial charge is 0.251 e. The molecule has 42 heavy (non-hydrogen) atoms. The van der Waals surface area contributed by atoms with Crippen LogP contribution >= 0.6 is 0 Å². The van der Waals surface area contributed by atoms with E-state index in [2.05, 4.69) is 20.6 Å². The van der Waals surface area contributed by atoms with Gasteiger partial charge in [-0.05, 0) is 54.6 Å². The Labute approximate surface area is 242 Å². The number of carbonyl (C=O) groups is 1. The van der Waals surface area contributed by atoms with E-state index in [9.17, 15) is 9.18 Å². The zero-order valence-corrected chi connectivity index (χ0v) is 22.9. The van der Waals surface area contributed by atoms with E-state index in [4.69, 9.17) is 19.4 Å². The fourth-order valence-electron chi connectivity index (χ4n) is 4.60. The number of H-pyrrole nitrogens is 1. The number of aromatic amines is 1. The van der Waals surface area contributed by atoms with Gasteiger partial charge in [-0.2, -0.15) is 0 Å². The fraction of sp³-hybridized carbons (Fsp3) is 0.188. The molecular weight excluding hydrogens is 535 g/mol. The number of benzene rings is 3. The first kappa shape index (κ1) is 27.3. The van der Waals surface area contributed by atoms with Gasteiger partial charge in [0.05, 0.1) is 30.3 Å². The van der Waals surface area contributed by atoms with Crippen molar-refractivity contribution >= 4 is 17.5 Å². The van der Waals surface area contributed by atoms with E-state index in [1.165, 1.54) is 12.1 Å². The van der Waals surface area contributed by atoms with Gasteiger partial charge in [0.15, 0.2) is 5.82 Å². The highest BCUT2D eigenvalue weighted by Gasteiger charge is 2.35. The minimum atomic E-state index is -0.764. The second-order valence-corrected chi connectivity index (χ2v) is 10.4. The Bertz CT molecular complexity index is 1650. The highest BCUT2D eigenvalue weighted by Crippen LogP contribution is 2.35. The van der Waals surface area contributed by atoms with Gasteiger partial charge in [0.2, 0.25) is 12.2 Å². The predicted octanol–water partition coefficient (Wildman–Crippen LogP) is 5.90. The molecule has 0 unspecified atom stereocenters.